The van der Waals surface area contributed by atoms with Crippen molar-refractivity contribution in [3.63, 3.8) is 0 Å². The fourth-order valence-corrected chi connectivity index (χ4v) is 3.37. The molecule has 2 unspecified atom stereocenters. The number of amides is 3. The highest BCUT2D eigenvalue weighted by Gasteiger charge is 2.39. The minimum absolute atomic E-state index is 0.00353. The monoisotopic (exact) mass is 373 g/mol. The molecule has 3 atom stereocenters. The van der Waals surface area contributed by atoms with Crippen LogP contribution in [-0.4, -0.2) is 39.8 Å². The van der Waals surface area contributed by atoms with Crippen molar-refractivity contribution in [2.24, 2.45) is 5.41 Å². The molecule has 2 aliphatic heterocycles. The number of rotatable bonds is 3. The van der Waals surface area contributed by atoms with E-state index in [4.69, 9.17) is 0 Å². The number of nitrogens with zero attached hydrogens (tertiary/aromatic N) is 1. The van der Waals surface area contributed by atoms with Gasteiger partial charge in [-0.1, -0.05) is 26.8 Å². The fraction of sp³-hybridized carbons (Fsp3) is 0.550. The summed E-state index contributed by atoms with van der Waals surface area (Å²) in [7, 11) is 0. The highest BCUT2D eigenvalue weighted by Crippen LogP contribution is 2.35. The van der Waals surface area contributed by atoms with E-state index in [1.807, 2.05) is 6.92 Å². The van der Waals surface area contributed by atoms with Gasteiger partial charge in [0.25, 0.3) is 5.91 Å². The van der Waals surface area contributed by atoms with Crippen LogP contribution in [0.4, 0.5) is 0 Å². The Kier molecular flexibility index (Phi) is 5.10. The van der Waals surface area contributed by atoms with Gasteiger partial charge in [0.05, 0.1) is 6.04 Å². The van der Waals surface area contributed by atoms with Crippen LogP contribution in [0.15, 0.2) is 18.2 Å². The number of carbonyl (C=O) groups excluding carboxylic acids is 3. The van der Waals surface area contributed by atoms with Gasteiger partial charge < -0.3 is 10.4 Å². The van der Waals surface area contributed by atoms with E-state index in [-0.39, 0.29) is 35.6 Å². The second-order valence-corrected chi connectivity index (χ2v) is 8.49. The van der Waals surface area contributed by atoms with Gasteiger partial charge in [0.2, 0.25) is 11.8 Å². The van der Waals surface area contributed by atoms with Crippen molar-refractivity contribution in [2.75, 3.05) is 0 Å². The maximum Gasteiger partial charge on any atom is 0.251 e. The molecular weight excluding hydrogens is 346 g/mol. The number of piperidine rings is 1. The number of nitrogens with one attached hydrogen (secondary N) is 2. The summed E-state index contributed by atoms with van der Waals surface area (Å²) in [6, 6.07) is 4.66. The smallest absolute Gasteiger partial charge is 0.251 e. The lowest BCUT2D eigenvalue weighted by Crippen LogP contribution is -2.51. The zero-order chi connectivity index (χ0) is 19.9. The molecule has 0 saturated carbocycles. The molecule has 3 N–H and O–H groups in total. The van der Waals surface area contributed by atoms with E-state index in [1.54, 1.807) is 23.1 Å². The number of imide groups is 1. The molecule has 2 aliphatic rings. The Morgan fingerprint density at radius 3 is 2.67 bits per heavy atom. The van der Waals surface area contributed by atoms with Gasteiger partial charge in [0.15, 0.2) is 0 Å². The van der Waals surface area contributed by atoms with Crippen molar-refractivity contribution in [3.05, 3.63) is 34.9 Å². The lowest BCUT2D eigenvalue weighted by atomic mass is 9.88. The van der Waals surface area contributed by atoms with E-state index in [0.717, 1.165) is 5.56 Å². The molecule has 1 aromatic rings. The third-order valence-electron chi connectivity index (χ3n) is 5.61. The first kappa shape index (κ1) is 19.5. The van der Waals surface area contributed by atoms with Crippen LogP contribution in [0.5, 0.6) is 0 Å². The molecule has 3 amide bonds. The van der Waals surface area contributed by atoms with Crippen molar-refractivity contribution in [2.45, 2.75) is 65.4 Å². The zero-order valence-electron chi connectivity index (χ0n) is 16.2. The highest BCUT2D eigenvalue weighted by atomic mass is 16.3. The summed E-state index contributed by atoms with van der Waals surface area (Å²) in [5.41, 5.74) is 2.00. The Morgan fingerprint density at radius 1 is 1.33 bits per heavy atom. The predicted octanol–water partition coefficient (Wildman–Crippen LogP) is 1.46. The quantitative estimate of drug-likeness (QED) is 0.697. The van der Waals surface area contributed by atoms with E-state index >= 15 is 0 Å². The molecule has 7 nitrogen and oxygen atoms in total. The third-order valence-corrected chi connectivity index (χ3v) is 5.61. The molecular formula is C20H27N3O4. The summed E-state index contributed by atoms with van der Waals surface area (Å²) in [6.07, 6.45) is -0.282. The topological polar surface area (TPSA) is 98.7 Å². The molecule has 1 fully saturated rings. The molecule has 27 heavy (non-hydrogen) atoms. The number of aliphatic hydroxyl groups is 1. The number of hydrogen-bond donors (Lipinski definition) is 3. The van der Waals surface area contributed by atoms with E-state index in [1.165, 1.54) is 0 Å². The minimum atomic E-state index is -0.922. The molecule has 1 aromatic carbocycles. The van der Waals surface area contributed by atoms with Gasteiger partial charge in [-0.3, -0.25) is 24.6 Å². The summed E-state index contributed by atoms with van der Waals surface area (Å²) in [5, 5.41) is 16.0. The van der Waals surface area contributed by atoms with Crippen molar-refractivity contribution >= 4 is 17.7 Å². The first-order valence-electron chi connectivity index (χ1n) is 9.29. The minimum Gasteiger partial charge on any atom is -0.374 e. The summed E-state index contributed by atoms with van der Waals surface area (Å²) >= 11 is 0. The van der Waals surface area contributed by atoms with Gasteiger partial charge in [0.1, 0.15) is 6.23 Å². The van der Waals surface area contributed by atoms with Gasteiger partial charge >= 0.3 is 0 Å². The number of aliphatic hydroxyl groups excluding tert-OH is 1. The Labute approximate surface area is 159 Å². The van der Waals surface area contributed by atoms with Gasteiger partial charge in [-0.2, -0.15) is 0 Å². The number of fused-ring (bicyclic) bond motifs is 1. The summed E-state index contributed by atoms with van der Waals surface area (Å²) < 4.78 is 0. The van der Waals surface area contributed by atoms with E-state index < -0.39 is 12.3 Å². The van der Waals surface area contributed by atoms with Crippen LogP contribution in [0.25, 0.3) is 0 Å². The summed E-state index contributed by atoms with van der Waals surface area (Å²) in [6.45, 7) is 8.52. The summed E-state index contributed by atoms with van der Waals surface area (Å²) in [5.74, 6) is -0.821. The van der Waals surface area contributed by atoms with E-state index in [2.05, 4.69) is 31.4 Å². The largest absolute Gasteiger partial charge is 0.374 e. The van der Waals surface area contributed by atoms with Gasteiger partial charge in [-0.15, -0.1) is 0 Å². The Balaban J connectivity index is 1.76. The van der Waals surface area contributed by atoms with E-state index in [0.29, 0.717) is 24.1 Å². The lowest BCUT2D eigenvalue weighted by molar-refractivity contribution is -0.141. The van der Waals surface area contributed by atoms with Crippen LogP contribution >= 0.6 is 0 Å². The van der Waals surface area contributed by atoms with Crippen molar-refractivity contribution in [3.8, 4) is 0 Å². The maximum atomic E-state index is 12.6. The Hall–Kier alpha value is -2.25. The number of carbonyl (C=O) groups is 3. The van der Waals surface area contributed by atoms with Crippen molar-refractivity contribution in [1.29, 1.82) is 0 Å². The molecule has 7 heteroatoms. The first-order chi connectivity index (χ1) is 12.6. The van der Waals surface area contributed by atoms with Crippen LogP contribution in [0, 0.1) is 5.41 Å². The standard InChI is InChI=1S/C20H27N3O4/c1-11(20(2,3)4)21-17(25)12-5-6-14-13(9-12)10-23(19(14)27)15-7-8-16(24)22-18(15)26/h5-6,9,11,15,19,27H,7-8,10H2,1-4H3,(H,21,25)(H,22,24,26)/t11-,15?,19?/m0/s1. The SMILES string of the molecule is C[C@H](NC(=O)c1ccc2c(c1)CN(C1CCC(=O)NC1=O)C2O)C(C)(C)C. The number of hydrogen-bond acceptors (Lipinski definition) is 5. The normalized spacial score (nSPS) is 24.3. The van der Waals surface area contributed by atoms with Crippen LogP contribution in [-0.2, 0) is 16.1 Å². The van der Waals surface area contributed by atoms with Crippen LogP contribution in [0.2, 0.25) is 0 Å². The molecule has 0 bridgehead atoms. The van der Waals surface area contributed by atoms with Gasteiger partial charge in [-0.25, -0.2) is 0 Å². The molecule has 1 saturated heterocycles. The molecule has 146 valence electrons. The molecule has 0 radical (unpaired) electrons. The molecule has 3 rings (SSSR count). The van der Waals surface area contributed by atoms with Gasteiger partial charge in [-0.05, 0) is 42.0 Å². The average Bonchev–Trinajstić information content (AvgIpc) is 2.90. The summed E-state index contributed by atoms with van der Waals surface area (Å²) in [4.78, 5) is 37.7. The average molecular weight is 373 g/mol. The first-order valence-corrected chi connectivity index (χ1v) is 9.29. The lowest BCUT2D eigenvalue weighted by Gasteiger charge is -2.31. The fourth-order valence-electron chi connectivity index (χ4n) is 3.37. The van der Waals surface area contributed by atoms with Crippen LogP contribution < -0.4 is 10.6 Å². The van der Waals surface area contributed by atoms with Crippen molar-refractivity contribution in [1.82, 2.24) is 15.5 Å². The molecule has 0 aliphatic carbocycles. The highest BCUT2D eigenvalue weighted by molar-refractivity contribution is 6.00. The third kappa shape index (κ3) is 3.89. The molecule has 0 aromatic heterocycles. The molecule has 2 heterocycles. The van der Waals surface area contributed by atoms with Crippen molar-refractivity contribution < 1.29 is 19.5 Å². The number of benzene rings is 1. The Morgan fingerprint density at radius 2 is 2.04 bits per heavy atom. The van der Waals surface area contributed by atoms with E-state index in [9.17, 15) is 19.5 Å². The second kappa shape index (κ2) is 7.05. The molecule has 0 spiro atoms. The predicted molar refractivity (Wildman–Crippen MR) is 99.5 cm³/mol. The second-order valence-electron chi connectivity index (χ2n) is 8.49. The Bertz CT molecular complexity index is 784. The van der Waals surface area contributed by atoms with Crippen LogP contribution in [0.1, 0.15) is 68.2 Å². The van der Waals surface area contributed by atoms with Crippen LogP contribution in [0.3, 0.4) is 0 Å². The van der Waals surface area contributed by atoms with Gasteiger partial charge in [0, 0.05) is 24.6 Å². The maximum absolute atomic E-state index is 12.6. The zero-order valence-corrected chi connectivity index (χ0v) is 16.2.